The van der Waals surface area contributed by atoms with Crippen molar-refractivity contribution in [3.8, 4) is 0 Å². The molecule has 1 fully saturated rings. The first-order chi connectivity index (χ1) is 12.6. The van der Waals surface area contributed by atoms with Crippen LogP contribution in [0.4, 0.5) is 5.69 Å². The Kier molecular flexibility index (Phi) is 8.87. The van der Waals surface area contributed by atoms with Crippen LogP contribution in [0.15, 0.2) is 29.4 Å². The number of amides is 2. The molecule has 2 N–H and O–H groups in total. The average molecular weight is 357 g/mol. The summed E-state index contributed by atoms with van der Waals surface area (Å²) in [6.45, 7) is 1.46. The van der Waals surface area contributed by atoms with E-state index < -0.39 is 0 Å². The molecule has 1 aliphatic carbocycles. The van der Waals surface area contributed by atoms with E-state index in [0.29, 0.717) is 11.3 Å². The number of benzene rings is 1. The van der Waals surface area contributed by atoms with Crippen LogP contribution in [0.25, 0.3) is 0 Å². The van der Waals surface area contributed by atoms with E-state index in [2.05, 4.69) is 15.8 Å². The van der Waals surface area contributed by atoms with Crippen LogP contribution < -0.4 is 10.7 Å². The third-order valence-electron chi connectivity index (χ3n) is 4.71. The van der Waals surface area contributed by atoms with Crippen molar-refractivity contribution in [1.29, 1.82) is 0 Å². The highest BCUT2D eigenvalue weighted by molar-refractivity contribution is 5.96. The number of carbonyl (C=O) groups is 2. The van der Waals surface area contributed by atoms with Crippen molar-refractivity contribution in [2.45, 2.75) is 77.6 Å². The van der Waals surface area contributed by atoms with Gasteiger partial charge in [0.2, 0.25) is 5.91 Å². The van der Waals surface area contributed by atoms with Crippen molar-refractivity contribution >= 4 is 23.2 Å². The highest BCUT2D eigenvalue weighted by atomic mass is 16.2. The standard InChI is InChI=1S/C21H31N3O2/c1-17(25)22-19-15-13-18(14-16-19)21(26)24-23-20-11-9-7-5-3-2-4-6-8-10-12-20/h13-16H,2-12H2,1H3,(H,22,25)(H,24,26). The van der Waals surface area contributed by atoms with Crippen molar-refractivity contribution in [3.05, 3.63) is 29.8 Å². The van der Waals surface area contributed by atoms with Gasteiger partial charge < -0.3 is 5.32 Å². The minimum atomic E-state index is -0.210. The molecule has 0 saturated heterocycles. The second-order valence-corrected chi connectivity index (χ2v) is 7.06. The van der Waals surface area contributed by atoms with Crippen molar-refractivity contribution in [1.82, 2.24) is 5.43 Å². The molecule has 0 aromatic heterocycles. The lowest BCUT2D eigenvalue weighted by atomic mass is 10.00. The largest absolute Gasteiger partial charge is 0.326 e. The van der Waals surface area contributed by atoms with Gasteiger partial charge in [0.1, 0.15) is 0 Å². The van der Waals surface area contributed by atoms with E-state index in [9.17, 15) is 9.59 Å². The summed E-state index contributed by atoms with van der Waals surface area (Å²) in [5.74, 6) is -0.339. The summed E-state index contributed by atoms with van der Waals surface area (Å²) in [6, 6.07) is 6.84. The van der Waals surface area contributed by atoms with Crippen LogP contribution in [-0.4, -0.2) is 17.5 Å². The predicted octanol–water partition coefficient (Wildman–Crippen LogP) is 5.04. The maximum absolute atomic E-state index is 12.3. The van der Waals surface area contributed by atoms with E-state index >= 15 is 0 Å². The summed E-state index contributed by atoms with van der Waals surface area (Å²) < 4.78 is 0. The molecule has 0 unspecified atom stereocenters. The van der Waals surface area contributed by atoms with Gasteiger partial charge in [-0.25, -0.2) is 5.43 Å². The lowest BCUT2D eigenvalue weighted by molar-refractivity contribution is -0.114. The summed E-state index contributed by atoms with van der Waals surface area (Å²) in [5, 5.41) is 7.10. The van der Waals surface area contributed by atoms with Gasteiger partial charge in [-0.15, -0.1) is 0 Å². The van der Waals surface area contributed by atoms with Gasteiger partial charge in [-0.1, -0.05) is 44.9 Å². The Hall–Kier alpha value is -2.17. The van der Waals surface area contributed by atoms with E-state index in [4.69, 9.17) is 0 Å². The molecule has 5 heteroatoms. The number of carbonyl (C=O) groups excluding carboxylic acids is 2. The maximum Gasteiger partial charge on any atom is 0.271 e. The third kappa shape index (κ3) is 7.81. The number of nitrogens with zero attached hydrogens (tertiary/aromatic N) is 1. The molecule has 26 heavy (non-hydrogen) atoms. The third-order valence-corrected chi connectivity index (χ3v) is 4.71. The molecular formula is C21H31N3O2. The Balaban J connectivity index is 1.89. The quantitative estimate of drug-likeness (QED) is 0.744. The molecule has 2 rings (SSSR count). The molecule has 0 atom stereocenters. The van der Waals surface area contributed by atoms with Crippen LogP contribution in [0.5, 0.6) is 0 Å². The monoisotopic (exact) mass is 357 g/mol. The summed E-state index contributed by atoms with van der Waals surface area (Å²) in [7, 11) is 0. The Labute approximate surface area is 156 Å². The maximum atomic E-state index is 12.3. The van der Waals surface area contributed by atoms with Gasteiger partial charge in [0.05, 0.1) is 0 Å². The summed E-state index contributed by atoms with van der Waals surface area (Å²) >= 11 is 0. The molecule has 1 aliphatic rings. The van der Waals surface area contributed by atoms with Crippen molar-refractivity contribution in [2.24, 2.45) is 5.10 Å². The summed E-state index contributed by atoms with van der Waals surface area (Å²) in [6.07, 6.45) is 13.4. The van der Waals surface area contributed by atoms with Crippen LogP contribution >= 0.6 is 0 Å². The number of rotatable bonds is 3. The molecule has 0 aliphatic heterocycles. The molecule has 1 aromatic rings. The number of nitrogens with one attached hydrogen (secondary N) is 2. The van der Waals surface area contributed by atoms with Crippen molar-refractivity contribution in [2.75, 3.05) is 5.32 Å². The number of hydrogen-bond acceptors (Lipinski definition) is 3. The van der Waals surface area contributed by atoms with Gasteiger partial charge in [-0.3, -0.25) is 9.59 Å². The first kappa shape index (κ1) is 20.1. The summed E-state index contributed by atoms with van der Waals surface area (Å²) in [5.41, 5.74) is 5.03. The zero-order valence-corrected chi connectivity index (χ0v) is 15.9. The van der Waals surface area contributed by atoms with E-state index in [1.54, 1.807) is 24.3 Å². The zero-order chi connectivity index (χ0) is 18.6. The lowest BCUT2D eigenvalue weighted by Crippen LogP contribution is -2.20. The van der Waals surface area contributed by atoms with Crippen LogP contribution in [0.2, 0.25) is 0 Å². The van der Waals surface area contributed by atoms with Crippen molar-refractivity contribution in [3.63, 3.8) is 0 Å². The van der Waals surface area contributed by atoms with Crippen LogP contribution in [-0.2, 0) is 4.79 Å². The molecular weight excluding hydrogens is 326 g/mol. The SMILES string of the molecule is CC(=O)Nc1ccc(C(=O)NN=C2CCCCCCCCCCC2)cc1. The van der Waals surface area contributed by atoms with Gasteiger partial charge in [0.25, 0.3) is 5.91 Å². The predicted molar refractivity (Wildman–Crippen MR) is 106 cm³/mol. The van der Waals surface area contributed by atoms with Crippen LogP contribution in [0, 0.1) is 0 Å². The molecule has 0 bridgehead atoms. The Morgan fingerprint density at radius 3 is 1.81 bits per heavy atom. The Morgan fingerprint density at radius 1 is 0.808 bits per heavy atom. The fraction of sp³-hybridized carbons (Fsp3) is 0.571. The highest BCUT2D eigenvalue weighted by Gasteiger charge is 2.07. The molecule has 142 valence electrons. The van der Waals surface area contributed by atoms with Gasteiger partial charge in [0.15, 0.2) is 0 Å². The summed E-state index contributed by atoms with van der Waals surface area (Å²) in [4.78, 5) is 23.3. The van der Waals surface area contributed by atoms with E-state index in [0.717, 1.165) is 31.4 Å². The van der Waals surface area contributed by atoms with Crippen LogP contribution in [0.1, 0.15) is 87.9 Å². The smallest absolute Gasteiger partial charge is 0.271 e. The number of hydrogen-bond donors (Lipinski definition) is 2. The van der Waals surface area contributed by atoms with Gasteiger partial charge in [-0.2, -0.15) is 5.10 Å². The van der Waals surface area contributed by atoms with E-state index in [-0.39, 0.29) is 11.8 Å². The first-order valence-electron chi connectivity index (χ1n) is 9.88. The fourth-order valence-electron chi connectivity index (χ4n) is 3.23. The topological polar surface area (TPSA) is 70.6 Å². The molecule has 2 amide bonds. The van der Waals surface area contributed by atoms with Gasteiger partial charge in [-0.05, 0) is 49.9 Å². The molecule has 1 saturated carbocycles. The highest BCUT2D eigenvalue weighted by Crippen LogP contribution is 2.15. The molecule has 1 aromatic carbocycles. The van der Waals surface area contributed by atoms with Gasteiger partial charge >= 0.3 is 0 Å². The lowest BCUT2D eigenvalue weighted by Gasteiger charge is -2.10. The van der Waals surface area contributed by atoms with Gasteiger partial charge in [0, 0.05) is 23.9 Å². The van der Waals surface area contributed by atoms with E-state index in [1.165, 1.54) is 51.9 Å². The Morgan fingerprint density at radius 2 is 1.31 bits per heavy atom. The van der Waals surface area contributed by atoms with Crippen LogP contribution in [0.3, 0.4) is 0 Å². The van der Waals surface area contributed by atoms with Crippen molar-refractivity contribution < 1.29 is 9.59 Å². The normalized spacial score (nSPS) is 16.7. The molecule has 5 nitrogen and oxygen atoms in total. The minimum absolute atomic E-state index is 0.129. The average Bonchev–Trinajstić information content (AvgIpc) is 2.61. The molecule has 0 spiro atoms. The minimum Gasteiger partial charge on any atom is -0.326 e. The molecule has 0 radical (unpaired) electrons. The molecule has 0 heterocycles. The Bertz CT molecular complexity index is 594. The zero-order valence-electron chi connectivity index (χ0n) is 15.9. The second-order valence-electron chi connectivity index (χ2n) is 7.06. The fourth-order valence-corrected chi connectivity index (χ4v) is 3.23. The second kappa shape index (κ2) is 11.4. The van der Waals surface area contributed by atoms with E-state index in [1.807, 2.05) is 0 Å². The number of anilines is 1. The first-order valence-corrected chi connectivity index (χ1v) is 9.88. The number of hydrazone groups is 1.